The summed E-state index contributed by atoms with van der Waals surface area (Å²) in [6.07, 6.45) is -0.341. The Kier molecular flexibility index (Phi) is 6.72. The van der Waals surface area contributed by atoms with Crippen LogP contribution in [0.2, 0.25) is 0 Å². The Labute approximate surface area is 125 Å². The summed E-state index contributed by atoms with van der Waals surface area (Å²) in [6.45, 7) is 1.66. The van der Waals surface area contributed by atoms with Gasteiger partial charge in [0, 0.05) is 10.2 Å². The minimum Gasteiger partial charge on any atom is -0.466 e. The van der Waals surface area contributed by atoms with E-state index >= 15 is 0 Å². The van der Waals surface area contributed by atoms with Gasteiger partial charge >= 0.3 is 12.0 Å². The monoisotopic (exact) mass is 342 g/mol. The van der Waals surface area contributed by atoms with Gasteiger partial charge in [-0.25, -0.2) is 4.79 Å². The van der Waals surface area contributed by atoms with E-state index in [4.69, 9.17) is 0 Å². The molecule has 0 bridgehead atoms. The zero-order valence-corrected chi connectivity index (χ0v) is 12.5. The van der Waals surface area contributed by atoms with Crippen molar-refractivity contribution in [2.45, 2.75) is 13.3 Å². The number of anilines is 1. The Bertz CT molecular complexity index is 488. The van der Waals surface area contributed by atoms with Gasteiger partial charge in [0.05, 0.1) is 13.2 Å². The molecule has 108 valence electrons. The van der Waals surface area contributed by atoms with Gasteiger partial charge in [0.15, 0.2) is 5.78 Å². The molecule has 0 atom stereocenters. The maximum atomic E-state index is 11.5. The van der Waals surface area contributed by atoms with Gasteiger partial charge in [0.2, 0.25) is 0 Å². The van der Waals surface area contributed by atoms with E-state index < -0.39 is 17.8 Å². The number of benzene rings is 1. The Morgan fingerprint density at radius 1 is 1.20 bits per heavy atom. The highest BCUT2D eigenvalue weighted by Gasteiger charge is 2.11. The maximum Gasteiger partial charge on any atom is 0.319 e. The molecule has 1 aromatic rings. The first-order valence-electron chi connectivity index (χ1n) is 5.99. The second kappa shape index (κ2) is 8.31. The summed E-state index contributed by atoms with van der Waals surface area (Å²) in [4.78, 5) is 33.9. The second-order valence-electron chi connectivity index (χ2n) is 3.84. The molecule has 1 rings (SSSR count). The highest BCUT2D eigenvalue weighted by Crippen LogP contribution is 2.13. The smallest absolute Gasteiger partial charge is 0.319 e. The Balaban J connectivity index is 2.31. The first-order chi connectivity index (χ1) is 9.51. The number of carbonyl (C=O) groups is 3. The molecule has 7 heteroatoms. The van der Waals surface area contributed by atoms with Gasteiger partial charge in [-0.1, -0.05) is 15.9 Å². The van der Waals surface area contributed by atoms with Crippen LogP contribution < -0.4 is 10.6 Å². The van der Waals surface area contributed by atoms with E-state index in [1.54, 1.807) is 31.2 Å². The molecule has 0 spiro atoms. The van der Waals surface area contributed by atoms with Crippen LogP contribution in [0.25, 0.3) is 0 Å². The number of halogens is 1. The number of urea groups is 1. The van der Waals surface area contributed by atoms with E-state index in [9.17, 15) is 14.4 Å². The van der Waals surface area contributed by atoms with Crippen LogP contribution in [0.15, 0.2) is 28.7 Å². The summed E-state index contributed by atoms with van der Waals surface area (Å²) in [5.41, 5.74) is 0.601. The molecular formula is C13H15BrN2O4. The van der Waals surface area contributed by atoms with E-state index in [0.29, 0.717) is 5.69 Å². The van der Waals surface area contributed by atoms with Crippen LogP contribution in [-0.2, 0) is 14.3 Å². The number of ether oxygens (including phenoxy) is 1. The van der Waals surface area contributed by atoms with Gasteiger partial charge in [-0.15, -0.1) is 0 Å². The largest absolute Gasteiger partial charge is 0.466 e. The Hall–Kier alpha value is -1.89. The van der Waals surface area contributed by atoms with Crippen LogP contribution in [0.5, 0.6) is 0 Å². The number of nitrogens with one attached hydrogen (secondary N) is 2. The van der Waals surface area contributed by atoms with Gasteiger partial charge in [0.1, 0.15) is 6.42 Å². The lowest BCUT2D eigenvalue weighted by Gasteiger charge is -2.07. The molecule has 0 radical (unpaired) electrons. The molecule has 2 amide bonds. The predicted molar refractivity (Wildman–Crippen MR) is 77.4 cm³/mol. The SMILES string of the molecule is CCOC(=O)CC(=O)CNC(=O)Nc1ccc(Br)cc1. The summed E-state index contributed by atoms with van der Waals surface area (Å²) < 4.78 is 5.53. The molecule has 6 nitrogen and oxygen atoms in total. The minimum absolute atomic E-state index is 0.221. The van der Waals surface area contributed by atoms with Gasteiger partial charge in [-0.05, 0) is 31.2 Å². The van der Waals surface area contributed by atoms with E-state index in [1.807, 2.05) is 0 Å². The second-order valence-corrected chi connectivity index (χ2v) is 4.75. The third kappa shape index (κ3) is 6.33. The fourth-order valence-electron chi connectivity index (χ4n) is 1.32. The van der Waals surface area contributed by atoms with Crippen molar-refractivity contribution >= 4 is 39.4 Å². The molecule has 0 aliphatic heterocycles. The fraction of sp³-hybridized carbons (Fsp3) is 0.308. The average Bonchev–Trinajstić information content (AvgIpc) is 2.39. The van der Waals surface area contributed by atoms with E-state index in [2.05, 4.69) is 31.3 Å². The summed E-state index contributed by atoms with van der Waals surface area (Å²) in [7, 11) is 0. The lowest BCUT2D eigenvalue weighted by Crippen LogP contribution is -2.34. The van der Waals surface area contributed by atoms with Crippen molar-refractivity contribution in [1.82, 2.24) is 5.32 Å². The lowest BCUT2D eigenvalue weighted by atomic mass is 10.3. The summed E-state index contributed by atoms with van der Waals surface area (Å²) in [5.74, 6) is -0.998. The lowest BCUT2D eigenvalue weighted by molar-refractivity contribution is -0.145. The van der Waals surface area contributed by atoms with Crippen LogP contribution in [-0.4, -0.2) is 30.9 Å². The number of Topliss-reactive ketones (excluding diaryl/α,β-unsaturated/α-hetero) is 1. The van der Waals surface area contributed by atoms with Crippen LogP contribution in [0.3, 0.4) is 0 Å². The van der Waals surface area contributed by atoms with Gasteiger partial charge < -0.3 is 15.4 Å². The van der Waals surface area contributed by atoms with Crippen LogP contribution in [0.4, 0.5) is 10.5 Å². The molecule has 0 aliphatic rings. The molecule has 0 heterocycles. The normalized spacial score (nSPS) is 9.70. The highest BCUT2D eigenvalue weighted by molar-refractivity contribution is 9.10. The summed E-state index contributed by atoms with van der Waals surface area (Å²) >= 11 is 3.28. The van der Waals surface area contributed by atoms with Crippen molar-refractivity contribution in [3.63, 3.8) is 0 Å². The highest BCUT2D eigenvalue weighted by atomic mass is 79.9. The molecule has 0 saturated carbocycles. The van der Waals surface area contributed by atoms with Gasteiger partial charge in [0.25, 0.3) is 0 Å². The summed E-state index contributed by atoms with van der Waals surface area (Å²) in [6, 6.07) is 6.47. The van der Waals surface area contributed by atoms with Crippen molar-refractivity contribution in [1.29, 1.82) is 0 Å². The van der Waals surface area contributed by atoms with E-state index in [0.717, 1.165) is 4.47 Å². The number of esters is 1. The first-order valence-corrected chi connectivity index (χ1v) is 6.78. The quantitative estimate of drug-likeness (QED) is 0.612. The van der Waals surface area contributed by atoms with E-state index in [-0.39, 0.29) is 19.6 Å². The van der Waals surface area contributed by atoms with Crippen molar-refractivity contribution in [3.05, 3.63) is 28.7 Å². The third-order valence-corrected chi connectivity index (χ3v) is 2.72. The maximum absolute atomic E-state index is 11.5. The molecule has 0 unspecified atom stereocenters. The predicted octanol–water partition coefficient (Wildman–Crippen LogP) is 2.09. The summed E-state index contributed by atoms with van der Waals surface area (Å²) in [5, 5.41) is 4.94. The number of hydrogen-bond acceptors (Lipinski definition) is 4. The van der Waals surface area contributed by atoms with Crippen LogP contribution >= 0.6 is 15.9 Å². The number of hydrogen-bond donors (Lipinski definition) is 2. The first kappa shape index (κ1) is 16.2. The number of amides is 2. The topological polar surface area (TPSA) is 84.5 Å². The molecule has 0 aromatic heterocycles. The molecule has 2 N–H and O–H groups in total. The molecule has 0 saturated heterocycles. The Morgan fingerprint density at radius 3 is 2.45 bits per heavy atom. The Morgan fingerprint density at radius 2 is 1.85 bits per heavy atom. The zero-order valence-electron chi connectivity index (χ0n) is 10.9. The van der Waals surface area contributed by atoms with Crippen molar-refractivity contribution in [3.8, 4) is 0 Å². The average molecular weight is 343 g/mol. The number of ketones is 1. The number of carbonyl (C=O) groups excluding carboxylic acids is 3. The molecule has 20 heavy (non-hydrogen) atoms. The van der Waals surface area contributed by atoms with Crippen molar-refractivity contribution < 1.29 is 19.1 Å². The van der Waals surface area contributed by atoms with E-state index in [1.165, 1.54) is 0 Å². The molecular weight excluding hydrogens is 328 g/mol. The molecule has 0 aliphatic carbocycles. The van der Waals surface area contributed by atoms with Crippen molar-refractivity contribution in [2.75, 3.05) is 18.5 Å². The standard InChI is InChI=1S/C13H15BrN2O4/c1-2-20-12(18)7-11(17)8-15-13(19)16-10-5-3-9(14)4-6-10/h3-6H,2,7-8H2,1H3,(H2,15,16,19). The molecule has 1 aromatic carbocycles. The van der Waals surface area contributed by atoms with Crippen molar-refractivity contribution in [2.24, 2.45) is 0 Å². The fourth-order valence-corrected chi connectivity index (χ4v) is 1.59. The zero-order chi connectivity index (χ0) is 15.0. The minimum atomic E-state index is -0.590. The number of rotatable bonds is 6. The molecule has 0 fully saturated rings. The van der Waals surface area contributed by atoms with Crippen LogP contribution in [0.1, 0.15) is 13.3 Å². The van der Waals surface area contributed by atoms with Crippen LogP contribution in [0, 0.1) is 0 Å². The third-order valence-electron chi connectivity index (χ3n) is 2.20. The van der Waals surface area contributed by atoms with Gasteiger partial charge in [-0.2, -0.15) is 0 Å². The van der Waals surface area contributed by atoms with Gasteiger partial charge in [-0.3, -0.25) is 9.59 Å².